The van der Waals surface area contributed by atoms with E-state index in [1.54, 1.807) is 0 Å². The fourth-order valence-electron chi connectivity index (χ4n) is 3.61. The maximum Gasteiger partial charge on any atom is 0.312 e. The van der Waals surface area contributed by atoms with Crippen LogP contribution in [0.3, 0.4) is 0 Å². The first-order chi connectivity index (χ1) is 10.8. The van der Waals surface area contributed by atoms with Gasteiger partial charge < -0.3 is 14.9 Å². The minimum Gasteiger partial charge on any atom is -0.494 e. The number of carbonyl (C=O) groups is 2. The molecular formula is C15H15F2NO5. The summed E-state index contributed by atoms with van der Waals surface area (Å²) < 4.78 is 32.9. The van der Waals surface area contributed by atoms with Gasteiger partial charge in [0.1, 0.15) is 5.82 Å². The number of fused-ring (bicyclic) bond motifs is 1. The first-order valence-corrected chi connectivity index (χ1v) is 6.97. The Morgan fingerprint density at radius 3 is 2.26 bits per heavy atom. The molecule has 0 amide bonds. The van der Waals surface area contributed by atoms with Crippen LogP contribution in [-0.2, 0) is 16.1 Å². The molecule has 1 saturated carbocycles. The number of aliphatic carboxylic acids is 2. The fraction of sp³-hybridized carbons (Fsp3) is 0.467. The topological polar surface area (TPSA) is 87.1 Å². The van der Waals surface area contributed by atoms with Crippen LogP contribution in [0.25, 0.3) is 0 Å². The Hall–Kier alpha value is -2.22. The summed E-state index contributed by atoms with van der Waals surface area (Å²) in [5, 5.41) is 18.7. The molecule has 1 aliphatic heterocycles. The second-order valence-corrected chi connectivity index (χ2v) is 6.14. The van der Waals surface area contributed by atoms with Crippen LogP contribution in [0.1, 0.15) is 12.0 Å². The third kappa shape index (κ3) is 2.01. The monoisotopic (exact) mass is 327 g/mol. The molecule has 0 bridgehead atoms. The van der Waals surface area contributed by atoms with Gasteiger partial charge in [-0.3, -0.25) is 14.5 Å². The first kappa shape index (κ1) is 15.7. The van der Waals surface area contributed by atoms with Crippen LogP contribution in [0.5, 0.6) is 5.75 Å². The molecule has 3 rings (SSSR count). The maximum atomic E-state index is 14.2. The van der Waals surface area contributed by atoms with Gasteiger partial charge >= 0.3 is 11.9 Å². The van der Waals surface area contributed by atoms with Crippen molar-refractivity contribution in [1.29, 1.82) is 0 Å². The van der Waals surface area contributed by atoms with E-state index in [4.69, 9.17) is 4.74 Å². The van der Waals surface area contributed by atoms with E-state index in [0.29, 0.717) is 0 Å². The quantitative estimate of drug-likeness (QED) is 0.848. The van der Waals surface area contributed by atoms with Crippen molar-refractivity contribution in [3.05, 3.63) is 29.3 Å². The normalized spacial score (nSPS) is 29.2. The molecule has 8 heteroatoms. The van der Waals surface area contributed by atoms with E-state index < -0.39 is 34.4 Å². The Kier molecular flexibility index (Phi) is 3.33. The molecule has 124 valence electrons. The number of methoxy groups -OCH3 is 1. The predicted octanol–water partition coefficient (Wildman–Crippen LogP) is 1.33. The lowest BCUT2D eigenvalue weighted by atomic mass is 9.97. The number of likely N-dealkylation sites (tertiary alicyclic amines) is 1. The molecule has 1 aliphatic carbocycles. The van der Waals surface area contributed by atoms with Crippen molar-refractivity contribution >= 4 is 11.9 Å². The highest BCUT2D eigenvalue weighted by Gasteiger charge is 2.80. The van der Waals surface area contributed by atoms with Crippen LogP contribution in [-0.4, -0.2) is 47.3 Å². The van der Waals surface area contributed by atoms with Gasteiger partial charge in [-0.1, -0.05) is 0 Å². The van der Waals surface area contributed by atoms with Crippen molar-refractivity contribution in [2.45, 2.75) is 13.0 Å². The average Bonchev–Trinajstić information content (AvgIpc) is 3.03. The summed E-state index contributed by atoms with van der Waals surface area (Å²) in [6.07, 6.45) is 0.0459. The Labute approximate surface area is 130 Å². The summed E-state index contributed by atoms with van der Waals surface area (Å²) in [5.41, 5.74) is -3.00. The van der Waals surface area contributed by atoms with Crippen LogP contribution in [0.4, 0.5) is 8.78 Å². The highest BCUT2D eigenvalue weighted by atomic mass is 19.1. The largest absolute Gasteiger partial charge is 0.494 e. The number of nitrogens with zero attached hydrogens (tertiary/aromatic N) is 1. The van der Waals surface area contributed by atoms with Crippen molar-refractivity contribution in [2.75, 3.05) is 20.2 Å². The van der Waals surface area contributed by atoms with Crippen LogP contribution in [0, 0.1) is 22.5 Å². The number of hydrogen-bond acceptors (Lipinski definition) is 4. The van der Waals surface area contributed by atoms with Crippen LogP contribution in [0.15, 0.2) is 12.1 Å². The smallest absolute Gasteiger partial charge is 0.312 e. The van der Waals surface area contributed by atoms with Gasteiger partial charge in [-0.25, -0.2) is 8.78 Å². The molecule has 2 N–H and O–H groups in total. The van der Waals surface area contributed by atoms with Gasteiger partial charge in [-0.2, -0.15) is 0 Å². The van der Waals surface area contributed by atoms with Crippen molar-refractivity contribution in [3.63, 3.8) is 0 Å². The number of carboxylic acids is 2. The lowest BCUT2D eigenvalue weighted by molar-refractivity contribution is -0.151. The number of piperidine rings is 1. The third-order valence-electron chi connectivity index (χ3n) is 4.95. The summed E-state index contributed by atoms with van der Waals surface area (Å²) in [7, 11) is 1.25. The lowest BCUT2D eigenvalue weighted by Crippen LogP contribution is -2.29. The van der Waals surface area contributed by atoms with E-state index in [-0.39, 0.29) is 37.4 Å². The zero-order valence-electron chi connectivity index (χ0n) is 12.3. The molecule has 2 aliphatic rings. The standard InChI is InChI=1S/C15H15F2NO5/c1-23-10-3-2-9(16)8(11(10)17)4-18-6-14(12(19)20)5-15(14,7-18)13(21)22/h2-3H,4-7H2,1H3,(H,19,20)(H,21,22)/t14-,15+. The predicted molar refractivity (Wildman–Crippen MR) is 72.9 cm³/mol. The average molecular weight is 327 g/mol. The molecule has 0 aromatic heterocycles. The molecule has 2 atom stereocenters. The second kappa shape index (κ2) is 4.89. The van der Waals surface area contributed by atoms with E-state index in [9.17, 15) is 28.6 Å². The molecule has 23 heavy (non-hydrogen) atoms. The molecule has 1 heterocycles. The molecule has 1 aromatic rings. The summed E-state index contributed by atoms with van der Waals surface area (Å²) >= 11 is 0. The van der Waals surface area contributed by atoms with Crippen molar-refractivity contribution < 1.29 is 33.3 Å². The van der Waals surface area contributed by atoms with Gasteiger partial charge in [0.2, 0.25) is 0 Å². The second-order valence-electron chi connectivity index (χ2n) is 6.14. The zero-order valence-corrected chi connectivity index (χ0v) is 12.3. The molecular weight excluding hydrogens is 312 g/mol. The Morgan fingerprint density at radius 1 is 1.22 bits per heavy atom. The lowest BCUT2D eigenvalue weighted by Gasteiger charge is -2.20. The Morgan fingerprint density at radius 2 is 1.78 bits per heavy atom. The number of ether oxygens (including phenoxy) is 1. The summed E-state index contributed by atoms with van der Waals surface area (Å²) in [6.45, 7) is -0.311. The third-order valence-corrected chi connectivity index (χ3v) is 4.95. The molecule has 6 nitrogen and oxygen atoms in total. The molecule has 1 saturated heterocycles. The molecule has 1 aromatic carbocycles. The first-order valence-electron chi connectivity index (χ1n) is 6.97. The zero-order chi connectivity index (χ0) is 17.0. The number of benzene rings is 1. The van der Waals surface area contributed by atoms with E-state index in [1.807, 2.05) is 0 Å². The van der Waals surface area contributed by atoms with Gasteiger partial charge in [0.05, 0.1) is 17.9 Å². The van der Waals surface area contributed by atoms with Gasteiger partial charge in [-0.15, -0.1) is 0 Å². The highest BCUT2D eigenvalue weighted by molar-refractivity contribution is 5.94. The number of rotatable bonds is 5. The highest BCUT2D eigenvalue weighted by Crippen LogP contribution is 2.68. The van der Waals surface area contributed by atoms with E-state index in [2.05, 4.69) is 0 Å². The summed E-state index contributed by atoms with van der Waals surface area (Å²) in [4.78, 5) is 24.4. The van der Waals surface area contributed by atoms with Gasteiger partial charge in [0, 0.05) is 25.2 Å². The SMILES string of the molecule is COc1ccc(F)c(CN2C[C@@]3(C(=O)O)C[C@@]3(C(=O)O)C2)c1F. The van der Waals surface area contributed by atoms with E-state index in [1.165, 1.54) is 12.0 Å². The van der Waals surface area contributed by atoms with Crippen LogP contribution < -0.4 is 4.74 Å². The van der Waals surface area contributed by atoms with Crippen molar-refractivity contribution in [2.24, 2.45) is 10.8 Å². The fourth-order valence-corrected chi connectivity index (χ4v) is 3.61. The minimum atomic E-state index is -1.37. The van der Waals surface area contributed by atoms with Crippen molar-refractivity contribution in [1.82, 2.24) is 4.90 Å². The summed E-state index contributed by atoms with van der Waals surface area (Å²) in [5.74, 6) is -4.13. The van der Waals surface area contributed by atoms with Crippen molar-refractivity contribution in [3.8, 4) is 5.75 Å². The number of hydrogen-bond donors (Lipinski definition) is 2. The minimum absolute atomic E-state index is 0.0459. The molecule has 0 unspecified atom stereocenters. The summed E-state index contributed by atoms with van der Waals surface area (Å²) in [6, 6.07) is 2.22. The van der Waals surface area contributed by atoms with Gasteiger partial charge in [0.25, 0.3) is 0 Å². The number of halogens is 2. The Bertz CT molecular complexity index is 681. The molecule has 0 spiro atoms. The van der Waals surface area contributed by atoms with Gasteiger partial charge in [0.15, 0.2) is 11.6 Å². The number of carboxylic acid groups (broad SMARTS) is 2. The van der Waals surface area contributed by atoms with Crippen LogP contribution in [0.2, 0.25) is 0 Å². The molecule has 2 fully saturated rings. The van der Waals surface area contributed by atoms with E-state index >= 15 is 0 Å². The Balaban J connectivity index is 1.87. The maximum absolute atomic E-state index is 14.2. The molecule has 0 radical (unpaired) electrons. The van der Waals surface area contributed by atoms with Gasteiger partial charge in [-0.05, 0) is 18.6 Å². The van der Waals surface area contributed by atoms with E-state index in [0.717, 1.165) is 12.1 Å². The van der Waals surface area contributed by atoms with Crippen LogP contribution >= 0.6 is 0 Å².